The Bertz CT molecular complexity index is 946. The highest BCUT2D eigenvalue weighted by Gasteiger charge is 2.07. The maximum absolute atomic E-state index is 4.77. The molecule has 0 amide bonds. The number of fused-ring (bicyclic) bond motifs is 1. The second kappa shape index (κ2) is 7.18. The molecule has 4 aromatic rings. The van der Waals surface area contributed by atoms with Crippen LogP contribution < -0.4 is 5.32 Å². The molecule has 0 saturated heterocycles. The third-order valence-electron chi connectivity index (χ3n) is 4.26. The number of benzene rings is 2. The number of rotatable bonds is 6. The van der Waals surface area contributed by atoms with Crippen LogP contribution in [0.25, 0.3) is 22.0 Å². The molecule has 0 unspecified atom stereocenters. The van der Waals surface area contributed by atoms with Crippen molar-refractivity contribution in [1.82, 2.24) is 14.5 Å². The van der Waals surface area contributed by atoms with Gasteiger partial charge in [-0.25, -0.2) is 9.97 Å². The minimum atomic E-state index is 0.873. The summed E-state index contributed by atoms with van der Waals surface area (Å²) in [5.74, 6) is 0.920. The van der Waals surface area contributed by atoms with Crippen LogP contribution in [-0.2, 0) is 6.54 Å². The van der Waals surface area contributed by atoms with Crippen LogP contribution >= 0.6 is 0 Å². The van der Waals surface area contributed by atoms with E-state index in [4.69, 9.17) is 4.98 Å². The Hall–Kier alpha value is -3.14. The molecule has 0 fully saturated rings. The molecular weight excluding hydrogens is 308 g/mol. The van der Waals surface area contributed by atoms with E-state index in [-0.39, 0.29) is 0 Å². The summed E-state index contributed by atoms with van der Waals surface area (Å²) in [5.41, 5.74) is 3.44. The fourth-order valence-electron chi connectivity index (χ4n) is 3.02. The molecular formula is C21H20N4. The van der Waals surface area contributed by atoms with Crippen molar-refractivity contribution in [2.24, 2.45) is 0 Å². The second-order valence-corrected chi connectivity index (χ2v) is 6.02. The van der Waals surface area contributed by atoms with E-state index in [0.29, 0.717) is 0 Å². The van der Waals surface area contributed by atoms with E-state index in [1.807, 2.05) is 30.9 Å². The van der Waals surface area contributed by atoms with Crippen molar-refractivity contribution in [2.75, 3.05) is 11.9 Å². The first-order valence-corrected chi connectivity index (χ1v) is 8.55. The zero-order valence-corrected chi connectivity index (χ0v) is 14.0. The molecule has 4 heteroatoms. The number of imidazole rings is 1. The minimum Gasteiger partial charge on any atom is -0.370 e. The van der Waals surface area contributed by atoms with Crippen LogP contribution in [0.1, 0.15) is 6.42 Å². The fourth-order valence-corrected chi connectivity index (χ4v) is 3.02. The summed E-state index contributed by atoms with van der Waals surface area (Å²) in [5, 5.41) is 4.64. The summed E-state index contributed by atoms with van der Waals surface area (Å²) in [6.45, 7) is 1.82. The van der Waals surface area contributed by atoms with Crippen molar-refractivity contribution in [1.29, 1.82) is 0 Å². The number of aryl methyl sites for hydroxylation is 1. The van der Waals surface area contributed by atoms with Gasteiger partial charge in [-0.15, -0.1) is 0 Å². The van der Waals surface area contributed by atoms with Gasteiger partial charge in [0, 0.05) is 30.9 Å². The lowest BCUT2D eigenvalue weighted by atomic mass is 10.0. The van der Waals surface area contributed by atoms with E-state index < -0.39 is 0 Å². The van der Waals surface area contributed by atoms with E-state index in [1.54, 1.807) is 0 Å². The number of nitrogens with zero attached hydrogens (tertiary/aromatic N) is 3. The van der Waals surface area contributed by atoms with Crippen LogP contribution in [0.5, 0.6) is 0 Å². The highest BCUT2D eigenvalue weighted by molar-refractivity contribution is 5.96. The lowest BCUT2D eigenvalue weighted by molar-refractivity contribution is 0.660. The normalized spacial score (nSPS) is 10.9. The molecule has 0 spiro atoms. The molecule has 4 rings (SSSR count). The van der Waals surface area contributed by atoms with Crippen LogP contribution in [0, 0.1) is 0 Å². The number of aromatic nitrogens is 3. The zero-order valence-electron chi connectivity index (χ0n) is 14.0. The van der Waals surface area contributed by atoms with Gasteiger partial charge in [-0.05, 0) is 29.7 Å². The predicted molar refractivity (Wildman–Crippen MR) is 103 cm³/mol. The third kappa shape index (κ3) is 3.53. The van der Waals surface area contributed by atoms with Crippen molar-refractivity contribution in [3.05, 3.63) is 79.4 Å². The highest BCUT2D eigenvalue weighted by atomic mass is 15.0. The quantitative estimate of drug-likeness (QED) is 0.526. The molecule has 124 valence electrons. The average molecular weight is 328 g/mol. The van der Waals surface area contributed by atoms with E-state index in [9.17, 15) is 0 Å². The summed E-state index contributed by atoms with van der Waals surface area (Å²) in [4.78, 5) is 8.83. The van der Waals surface area contributed by atoms with Crippen LogP contribution in [0.15, 0.2) is 79.4 Å². The van der Waals surface area contributed by atoms with Gasteiger partial charge in [-0.1, -0.05) is 48.5 Å². The molecule has 1 N–H and O–H groups in total. The summed E-state index contributed by atoms with van der Waals surface area (Å²) >= 11 is 0. The molecule has 4 nitrogen and oxygen atoms in total. The van der Waals surface area contributed by atoms with E-state index >= 15 is 0 Å². The standard InChI is InChI=1S/C21H20N4/c1-2-7-17(8-3-1)19-15-21(24-20-10-5-4-9-18(19)20)23-11-6-13-25-14-12-22-16-25/h1-5,7-10,12,14-16H,6,11,13H2,(H,23,24). The van der Waals surface area contributed by atoms with Gasteiger partial charge in [-0.3, -0.25) is 0 Å². The Morgan fingerprint density at radius 2 is 1.80 bits per heavy atom. The maximum atomic E-state index is 4.77. The molecule has 2 aromatic carbocycles. The van der Waals surface area contributed by atoms with Crippen molar-refractivity contribution in [3.63, 3.8) is 0 Å². The Morgan fingerprint density at radius 3 is 2.64 bits per heavy atom. The van der Waals surface area contributed by atoms with E-state index in [0.717, 1.165) is 30.8 Å². The molecule has 0 aliphatic carbocycles. The Kier molecular flexibility index (Phi) is 4.42. The maximum Gasteiger partial charge on any atom is 0.127 e. The summed E-state index contributed by atoms with van der Waals surface area (Å²) < 4.78 is 2.09. The smallest absolute Gasteiger partial charge is 0.127 e. The molecule has 2 aromatic heterocycles. The molecule has 0 radical (unpaired) electrons. The molecule has 0 aliphatic heterocycles. The van der Waals surface area contributed by atoms with Crippen molar-refractivity contribution < 1.29 is 0 Å². The number of hydrogen-bond acceptors (Lipinski definition) is 3. The van der Waals surface area contributed by atoms with E-state index in [2.05, 4.69) is 63.4 Å². The molecule has 0 atom stereocenters. The molecule has 25 heavy (non-hydrogen) atoms. The van der Waals surface area contributed by atoms with Gasteiger partial charge in [0.2, 0.25) is 0 Å². The Morgan fingerprint density at radius 1 is 0.960 bits per heavy atom. The molecule has 0 saturated carbocycles. The van der Waals surface area contributed by atoms with Crippen molar-refractivity contribution >= 4 is 16.7 Å². The summed E-state index contributed by atoms with van der Waals surface area (Å²) in [6, 6.07) is 20.9. The SMILES string of the molecule is c1ccc(-c2cc(NCCCn3ccnc3)nc3ccccc23)cc1. The summed E-state index contributed by atoms with van der Waals surface area (Å²) in [7, 11) is 0. The number of para-hydroxylation sites is 1. The average Bonchev–Trinajstić information content (AvgIpc) is 3.19. The highest BCUT2D eigenvalue weighted by Crippen LogP contribution is 2.29. The number of hydrogen-bond donors (Lipinski definition) is 1. The van der Waals surface area contributed by atoms with Gasteiger partial charge in [0.1, 0.15) is 5.82 Å². The van der Waals surface area contributed by atoms with Crippen molar-refractivity contribution in [3.8, 4) is 11.1 Å². The minimum absolute atomic E-state index is 0.873. The van der Waals surface area contributed by atoms with Crippen LogP contribution in [0.2, 0.25) is 0 Å². The fraction of sp³-hybridized carbons (Fsp3) is 0.143. The van der Waals surface area contributed by atoms with Crippen LogP contribution in [0.3, 0.4) is 0 Å². The zero-order chi connectivity index (χ0) is 16.9. The van der Waals surface area contributed by atoms with Gasteiger partial charge in [0.25, 0.3) is 0 Å². The Balaban J connectivity index is 1.57. The van der Waals surface area contributed by atoms with E-state index in [1.165, 1.54) is 16.5 Å². The van der Waals surface area contributed by atoms with Gasteiger partial charge >= 0.3 is 0 Å². The second-order valence-electron chi connectivity index (χ2n) is 6.02. The first-order chi connectivity index (χ1) is 12.4. The van der Waals surface area contributed by atoms with Crippen molar-refractivity contribution in [2.45, 2.75) is 13.0 Å². The topological polar surface area (TPSA) is 42.7 Å². The number of anilines is 1. The molecule has 0 bridgehead atoms. The van der Waals surface area contributed by atoms with Crippen LogP contribution in [-0.4, -0.2) is 21.1 Å². The molecule has 0 aliphatic rings. The molecule has 2 heterocycles. The van der Waals surface area contributed by atoms with Gasteiger partial charge in [0.15, 0.2) is 0 Å². The monoisotopic (exact) mass is 328 g/mol. The Labute approximate surface area is 147 Å². The lowest BCUT2D eigenvalue weighted by Crippen LogP contribution is -2.07. The largest absolute Gasteiger partial charge is 0.370 e. The van der Waals surface area contributed by atoms with Gasteiger partial charge in [0.05, 0.1) is 11.8 Å². The third-order valence-corrected chi connectivity index (χ3v) is 4.26. The van der Waals surface area contributed by atoms with Gasteiger partial charge in [-0.2, -0.15) is 0 Å². The number of nitrogens with one attached hydrogen (secondary N) is 1. The lowest BCUT2D eigenvalue weighted by Gasteiger charge is -2.12. The van der Waals surface area contributed by atoms with Gasteiger partial charge < -0.3 is 9.88 Å². The number of pyridine rings is 1. The summed E-state index contributed by atoms with van der Waals surface area (Å²) in [6.07, 6.45) is 6.67. The first kappa shape index (κ1) is 15.4. The first-order valence-electron chi connectivity index (χ1n) is 8.55. The van der Waals surface area contributed by atoms with Crippen LogP contribution in [0.4, 0.5) is 5.82 Å². The predicted octanol–water partition coefficient (Wildman–Crippen LogP) is 4.60.